The molecule has 0 saturated carbocycles. The molecule has 100 valence electrons. The monoisotopic (exact) mass is 331 g/mol. The average molecular weight is 332 g/mol. The summed E-state index contributed by atoms with van der Waals surface area (Å²) in [5, 5.41) is 3.15. The zero-order chi connectivity index (χ0) is 13.2. The van der Waals surface area contributed by atoms with Gasteiger partial charge >= 0.3 is 0 Å². The predicted octanol–water partition coefficient (Wildman–Crippen LogP) is 2.02. The first-order chi connectivity index (χ1) is 8.45. The third-order valence-corrected chi connectivity index (χ3v) is 5.92. The van der Waals surface area contributed by atoms with Crippen LogP contribution in [0.3, 0.4) is 0 Å². The lowest BCUT2D eigenvalue weighted by Crippen LogP contribution is -2.35. The summed E-state index contributed by atoms with van der Waals surface area (Å²) >= 11 is 3.41. The van der Waals surface area contributed by atoms with Gasteiger partial charge in [-0.15, -0.1) is 0 Å². The molecule has 1 aliphatic rings. The molecule has 1 fully saturated rings. The van der Waals surface area contributed by atoms with Crippen LogP contribution in [-0.4, -0.2) is 33.5 Å². The first-order valence-electron chi connectivity index (χ1n) is 6.04. The van der Waals surface area contributed by atoms with Crippen LogP contribution in [-0.2, 0) is 16.3 Å². The Morgan fingerprint density at radius 2 is 2.00 bits per heavy atom. The minimum atomic E-state index is -2.85. The van der Waals surface area contributed by atoms with Crippen LogP contribution in [0.15, 0.2) is 28.7 Å². The van der Waals surface area contributed by atoms with Crippen LogP contribution < -0.4 is 5.32 Å². The van der Waals surface area contributed by atoms with Gasteiger partial charge in [0.2, 0.25) is 0 Å². The van der Waals surface area contributed by atoms with Gasteiger partial charge in [0.25, 0.3) is 0 Å². The summed E-state index contributed by atoms with van der Waals surface area (Å²) in [6.07, 6.45) is 1.58. The lowest BCUT2D eigenvalue weighted by atomic mass is 9.81. The van der Waals surface area contributed by atoms with Crippen LogP contribution in [0.5, 0.6) is 0 Å². The largest absolute Gasteiger partial charge is 0.319 e. The van der Waals surface area contributed by atoms with E-state index in [0.717, 1.165) is 23.9 Å². The van der Waals surface area contributed by atoms with Crippen LogP contribution in [0, 0.1) is 5.41 Å². The molecule has 0 spiro atoms. The van der Waals surface area contributed by atoms with Gasteiger partial charge in [-0.3, -0.25) is 0 Å². The van der Waals surface area contributed by atoms with Gasteiger partial charge in [-0.05, 0) is 37.6 Å². The predicted molar refractivity (Wildman–Crippen MR) is 77.5 cm³/mol. The average Bonchev–Trinajstić information content (AvgIpc) is 2.59. The van der Waals surface area contributed by atoms with Gasteiger partial charge < -0.3 is 5.32 Å². The molecule has 0 radical (unpaired) electrons. The zero-order valence-electron chi connectivity index (χ0n) is 10.4. The van der Waals surface area contributed by atoms with Gasteiger partial charge in [-0.1, -0.05) is 28.1 Å². The van der Waals surface area contributed by atoms with E-state index in [0.29, 0.717) is 11.5 Å². The summed E-state index contributed by atoms with van der Waals surface area (Å²) in [5.41, 5.74) is 1.06. The fourth-order valence-corrected chi connectivity index (χ4v) is 5.17. The number of hydrogen-bond acceptors (Lipinski definition) is 3. The molecule has 1 aromatic rings. The van der Waals surface area contributed by atoms with E-state index >= 15 is 0 Å². The maximum atomic E-state index is 11.7. The Morgan fingerprint density at radius 1 is 1.33 bits per heavy atom. The Bertz CT molecular complexity index is 512. The number of rotatable bonds is 4. The lowest BCUT2D eigenvalue weighted by molar-refractivity contribution is 0.321. The van der Waals surface area contributed by atoms with Crippen LogP contribution >= 0.6 is 15.9 Å². The second-order valence-corrected chi connectivity index (χ2v) is 8.28. The molecule has 1 aromatic carbocycles. The first kappa shape index (κ1) is 14.0. The van der Waals surface area contributed by atoms with Crippen LogP contribution in [0.1, 0.15) is 12.0 Å². The highest BCUT2D eigenvalue weighted by atomic mass is 79.9. The summed E-state index contributed by atoms with van der Waals surface area (Å²) in [5.74, 6) is 0.627. The molecule has 0 bridgehead atoms. The molecule has 1 aliphatic heterocycles. The molecule has 1 unspecified atom stereocenters. The van der Waals surface area contributed by atoms with E-state index < -0.39 is 9.84 Å². The molecule has 18 heavy (non-hydrogen) atoms. The van der Waals surface area contributed by atoms with Gasteiger partial charge in [-0.2, -0.15) is 0 Å². The number of nitrogens with one attached hydrogen (secondary N) is 1. The maximum Gasteiger partial charge on any atom is 0.150 e. The van der Waals surface area contributed by atoms with Crippen molar-refractivity contribution in [1.29, 1.82) is 0 Å². The summed E-state index contributed by atoms with van der Waals surface area (Å²) in [7, 11) is -0.970. The van der Waals surface area contributed by atoms with Crippen molar-refractivity contribution in [3.8, 4) is 0 Å². The van der Waals surface area contributed by atoms with Gasteiger partial charge in [0.05, 0.1) is 11.5 Å². The van der Waals surface area contributed by atoms with Crippen molar-refractivity contribution in [2.45, 2.75) is 12.8 Å². The number of hydrogen-bond donors (Lipinski definition) is 1. The van der Waals surface area contributed by atoms with Crippen molar-refractivity contribution in [2.75, 3.05) is 25.1 Å². The molecule has 0 aliphatic carbocycles. The second-order valence-electron chi connectivity index (χ2n) is 5.18. The van der Waals surface area contributed by atoms with Gasteiger partial charge in [0.15, 0.2) is 9.84 Å². The fraction of sp³-hybridized carbons (Fsp3) is 0.538. The number of sulfone groups is 1. The van der Waals surface area contributed by atoms with Crippen molar-refractivity contribution >= 4 is 25.8 Å². The Balaban J connectivity index is 2.19. The van der Waals surface area contributed by atoms with E-state index in [9.17, 15) is 8.42 Å². The summed E-state index contributed by atoms with van der Waals surface area (Å²) in [4.78, 5) is 0. The Hall–Kier alpha value is -0.390. The van der Waals surface area contributed by atoms with E-state index in [-0.39, 0.29) is 5.41 Å². The Morgan fingerprint density at radius 3 is 2.50 bits per heavy atom. The highest BCUT2D eigenvalue weighted by Gasteiger charge is 2.41. The third-order valence-electron chi connectivity index (χ3n) is 3.51. The molecule has 0 aromatic heterocycles. The molecular weight excluding hydrogens is 314 g/mol. The normalized spacial score (nSPS) is 26.3. The first-order valence-corrected chi connectivity index (χ1v) is 8.66. The van der Waals surface area contributed by atoms with Crippen LogP contribution in [0.25, 0.3) is 0 Å². The van der Waals surface area contributed by atoms with E-state index in [4.69, 9.17) is 0 Å². The molecule has 0 amide bonds. The molecule has 1 N–H and O–H groups in total. The number of benzene rings is 1. The SMILES string of the molecule is CNCC1(Cc2ccc(Br)cc2)CCS(=O)(=O)C1. The minimum absolute atomic E-state index is 0.137. The van der Waals surface area contributed by atoms with Crippen LogP contribution in [0.4, 0.5) is 0 Å². The summed E-state index contributed by atoms with van der Waals surface area (Å²) in [6, 6.07) is 8.14. The molecule has 1 heterocycles. The van der Waals surface area contributed by atoms with E-state index in [1.165, 1.54) is 5.56 Å². The topological polar surface area (TPSA) is 46.2 Å². The second kappa shape index (κ2) is 5.31. The lowest BCUT2D eigenvalue weighted by Gasteiger charge is -2.27. The third kappa shape index (κ3) is 3.33. The summed E-state index contributed by atoms with van der Waals surface area (Å²) < 4.78 is 24.5. The highest BCUT2D eigenvalue weighted by molar-refractivity contribution is 9.10. The summed E-state index contributed by atoms with van der Waals surface area (Å²) in [6.45, 7) is 0.752. The smallest absolute Gasteiger partial charge is 0.150 e. The minimum Gasteiger partial charge on any atom is -0.319 e. The highest BCUT2D eigenvalue weighted by Crippen LogP contribution is 2.35. The molecule has 5 heteroatoms. The van der Waals surface area contributed by atoms with Crippen molar-refractivity contribution in [1.82, 2.24) is 5.32 Å². The molecule has 3 nitrogen and oxygen atoms in total. The van der Waals surface area contributed by atoms with Crippen molar-refractivity contribution < 1.29 is 8.42 Å². The standard InChI is InChI=1S/C13H18BrNO2S/c1-15-9-13(6-7-18(16,17)10-13)8-11-2-4-12(14)5-3-11/h2-5,15H,6-10H2,1H3. The maximum absolute atomic E-state index is 11.7. The van der Waals surface area contributed by atoms with E-state index in [2.05, 4.69) is 33.4 Å². The quantitative estimate of drug-likeness (QED) is 0.918. The van der Waals surface area contributed by atoms with Crippen LogP contribution in [0.2, 0.25) is 0 Å². The number of halogens is 1. The molecular formula is C13H18BrNO2S. The van der Waals surface area contributed by atoms with E-state index in [1.54, 1.807) is 0 Å². The van der Waals surface area contributed by atoms with Crippen molar-refractivity contribution in [2.24, 2.45) is 5.41 Å². The molecule has 1 atom stereocenters. The Kier molecular flexibility index (Phi) is 4.14. The van der Waals surface area contributed by atoms with Crippen molar-refractivity contribution in [3.63, 3.8) is 0 Å². The fourth-order valence-electron chi connectivity index (χ4n) is 2.73. The Labute approximate surface area is 117 Å². The molecule has 1 saturated heterocycles. The van der Waals surface area contributed by atoms with E-state index in [1.807, 2.05) is 19.2 Å². The van der Waals surface area contributed by atoms with Gasteiger partial charge in [0, 0.05) is 16.4 Å². The zero-order valence-corrected chi connectivity index (χ0v) is 12.9. The van der Waals surface area contributed by atoms with Gasteiger partial charge in [-0.25, -0.2) is 8.42 Å². The molecule has 2 rings (SSSR count). The van der Waals surface area contributed by atoms with Gasteiger partial charge in [0.1, 0.15) is 0 Å². The van der Waals surface area contributed by atoms with Crippen molar-refractivity contribution in [3.05, 3.63) is 34.3 Å².